The minimum Gasteiger partial charge on any atom is -0.490 e. The van der Waals surface area contributed by atoms with E-state index in [1.807, 2.05) is 6.92 Å². The first-order valence-corrected chi connectivity index (χ1v) is 5.56. The van der Waals surface area contributed by atoms with Crippen LogP contribution >= 0.6 is 34.8 Å². The lowest BCUT2D eigenvalue weighted by molar-refractivity contribution is 0.174. The van der Waals surface area contributed by atoms with Gasteiger partial charge in [-0.1, -0.05) is 41.7 Å². The average molecular weight is 270 g/mol. The summed E-state index contributed by atoms with van der Waals surface area (Å²) in [4.78, 5) is 0. The standard InChI is InChI=1S/C10H11Cl3O2/c1-6(4-14)5-15-10-8(12)2-7(11)3-9(10)13/h2-3,6,14H,4-5H2,1H3. The number of benzene rings is 1. The van der Waals surface area contributed by atoms with Crippen molar-refractivity contribution in [3.8, 4) is 5.75 Å². The van der Waals surface area contributed by atoms with E-state index in [1.165, 1.54) is 0 Å². The molecule has 1 unspecified atom stereocenters. The van der Waals surface area contributed by atoms with E-state index in [0.29, 0.717) is 27.4 Å². The topological polar surface area (TPSA) is 29.5 Å². The van der Waals surface area contributed by atoms with Crippen molar-refractivity contribution >= 4 is 34.8 Å². The Bertz CT molecular complexity index is 318. The van der Waals surface area contributed by atoms with E-state index in [9.17, 15) is 0 Å². The molecule has 0 fully saturated rings. The van der Waals surface area contributed by atoms with Gasteiger partial charge in [0.25, 0.3) is 0 Å². The number of hydrogen-bond donors (Lipinski definition) is 1. The number of aliphatic hydroxyl groups is 1. The van der Waals surface area contributed by atoms with E-state index in [0.717, 1.165) is 0 Å². The summed E-state index contributed by atoms with van der Waals surface area (Å²) in [5.74, 6) is 0.441. The Balaban J connectivity index is 2.77. The molecule has 0 saturated heterocycles. The molecule has 0 spiro atoms. The quantitative estimate of drug-likeness (QED) is 0.904. The first-order chi connectivity index (χ1) is 7.04. The van der Waals surface area contributed by atoms with Crippen LogP contribution in [0.25, 0.3) is 0 Å². The van der Waals surface area contributed by atoms with Gasteiger partial charge in [-0.2, -0.15) is 0 Å². The average Bonchev–Trinajstić information content (AvgIpc) is 2.15. The van der Waals surface area contributed by atoms with Gasteiger partial charge in [0.15, 0.2) is 5.75 Å². The van der Waals surface area contributed by atoms with Crippen molar-refractivity contribution in [3.63, 3.8) is 0 Å². The lowest BCUT2D eigenvalue weighted by Crippen LogP contribution is -2.12. The molecule has 84 valence electrons. The van der Waals surface area contributed by atoms with Gasteiger partial charge in [0.2, 0.25) is 0 Å². The molecule has 0 aliphatic rings. The number of rotatable bonds is 4. The molecule has 5 heteroatoms. The molecule has 0 aromatic heterocycles. The maximum atomic E-state index is 8.83. The SMILES string of the molecule is CC(CO)COc1c(Cl)cc(Cl)cc1Cl. The Labute approximate surface area is 104 Å². The van der Waals surface area contributed by atoms with Gasteiger partial charge in [-0.15, -0.1) is 0 Å². The third-order valence-corrected chi connectivity index (χ3v) is 2.57. The van der Waals surface area contributed by atoms with Crippen LogP contribution in [0, 0.1) is 5.92 Å². The van der Waals surface area contributed by atoms with Crippen LogP contribution in [0.15, 0.2) is 12.1 Å². The molecular formula is C10H11Cl3O2. The summed E-state index contributed by atoms with van der Waals surface area (Å²) < 4.78 is 5.39. The summed E-state index contributed by atoms with van der Waals surface area (Å²) in [6, 6.07) is 3.13. The van der Waals surface area contributed by atoms with E-state index in [-0.39, 0.29) is 12.5 Å². The number of hydrogen-bond acceptors (Lipinski definition) is 2. The molecular weight excluding hydrogens is 258 g/mol. The van der Waals surface area contributed by atoms with Crippen LogP contribution in [0.4, 0.5) is 0 Å². The molecule has 2 nitrogen and oxygen atoms in total. The molecule has 1 rings (SSSR count). The summed E-state index contributed by atoms with van der Waals surface area (Å²) in [6.45, 7) is 2.28. The van der Waals surface area contributed by atoms with E-state index in [1.54, 1.807) is 12.1 Å². The van der Waals surface area contributed by atoms with Gasteiger partial charge in [-0.3, -0.25) is 0 Å². The van der Waals surface area contributed by atoms with E-state index < -0.39 is 0 Å². The van der Waals surface area contributed by atoms with Gasteiger partial charge in [0.1, 0.15) is 0 Å². The molecule has 0 amide bonds. The predicted molar refractivity (Wildman–Crippen MR) is 63.2 cm³/mol. The van der Waals surface area contributed by atoms with Crippen molar-refractivity contribution in [2.45, 2.75) is 6.92 Å². The second-order valence-corrected chi connectivity index (χ2v) is 4.55. The first-order valence-electron chi connectivity index (χ1n) is 4.42. The van der Waals surface area contributed by atoms with Crippen LogP contribution in [-0.4, -0.2) is 18.3 Å². The van der Waals surface area contributed by atoms with Crippen LogP contribution < -0.4 is 4.74 Å². The highest BCUT2D eigenvalue weighted by atomic mass is 35.5. The van der Waals surface area contributed by atoms with Gasteiger partial charge in [0, 0.05) is 17.5 Å². The molecule has 1 aromatic rings. The van der Waals surface area contributed by atoms with Crippen LogP contribution in [0.5, 0.6) is 5.75 Å². The summed E-state index contributed by atoms with van der Waals surface area (Å²) in [5, 5.41) is 10.0. The summed E-state index contributed by atoms with van der Waals surface area (Å²) in [6.07, 6.45) is 0. The maximum Gasteiger partial charge on any atom is 0.156 e. The van der Waals surface area contributed by atoms with Crippen molar-refractivity contribution in [1.29, 1.82) is 0 Å². The zero-order chi connectivity index (χ0) is 11.4. The number of halogens is 3. The minimum atomic E-state index is 0.0350. The van der Waals surface area contributed by atoms with Crippen LogP contribution in [-0.2, 0) is 0 Å². The zero-order valence-corrected chi connectivity index (χ0v) is 10.4. The Morgan fingerprint density at radius 3 is 2.27 bits per heavy atom. The Kier molecular flexibility index (Phi) is 5.00. The number of aliphatic hydroxyl groups excluding tert-OH is 1. The molecule has 0 bridgehead atoms. The van der Waals surface area contributed by atoms with E-state index >= 15 is 0 Å². The third kappa shape index (κ3) is 3.72. The highest BCUT2D eigenvalue weighted by molar-refractivity contribution is 6.40. The molecule has 15 heavy (non-hydrogen) atoms. The molecule has 1 aromatic carbocycles. The molecule has 0 saturated carbocycles. The lowest BCUT2D eigenvalue weighted by atomic mass is 10.2. The minimum absolute atomic E-state index is 0.0350. The van der Waals surface area contributed by atoms with Crippen molar-refractivity contribution in [1.82, 2.24) is 0 Å². The van der Waals surface area contributed by atoms with E-state index in [2.05, 4.69) is 0 Å². The normalized spacial score (nSPS) is 12.6. The maximum absolute atomic E-state index is 8.83. The van der Waals surface area contributed by atoms with Gasteiger partial charge in [-0.05, 0) is 12.1 Å². The summed E-state index contributed by atoms with van der Waals surface area (Å²) >= 11 is 17.6. The largest absolute Gasteiger partial charge is 0.490 e. The van der Waals surface area contributed by atoms with Crippen LogP contribution in [0.1, 0.15) is 6.92 Å². The van der Waals surface area contributed by atoms with Crippen molar-refractivity contribution in [2.75, 3.05) is 13.2 Å². The van der Waals surface area contributed by atoms with Crippen molar-refractivity contribution in [3.05, 3.63) is 27.2 Å². The van der Waals surface area contributed by atoms with Crippen LogP contribution in [0.3, 0.4) is 0 Å². The molecule has 0 heterocycles. The second kappa shape index (κ2) is 5.80. The second-order valence-electron chi connectivity index (χ2n) is 3.30. The lowest BCUT2D eigenvalue weighted by Gasteiger charge is -2.13. The summed E-state index contributed by atoms with van der Waals surface area (Å²) in [7, 11) is 0. The Morgan fingerprint density at radius 2 is 1.80 bits per heavy atom. The highest BCUT2D eigenvalue weighted by Crippen LogP contribution is 2.35. The van der Waals surface area contributed by atoms with Crippen LogP contribution in [0.2, 0.25) is 15.1 Å². The van der Waals surface area contributed by atoms with Gasteiger partial charge in [-0.25, -0.2) is 0 Å². The molecule has 1 N–H and O–H groups in total. The third-order valence-electron chi connectivity index (χ3n) is 1.79. The fourth-order valence-corrected chi connectivity index (χ4v) is 1.87. The number of ether oxygens (including phenoxy) is 1. The predicted octanol–water partition coefficient (Wildman–Crippen LogP) is 3.65. The zero-order valence-electron chi connectivity index (χ0n) is 8.14. The Hall–Kier alpha value is -0.150. The van der Waals surface area contributed by atoms with Crippen molar-refractivity contribution < 1.29 is 9.84 Å². The fraction of sp³-hybridized carbons (Fsp3) is 0.400. The fourth-order valence-electron chi connectivity index (χ4n) is 0.945. The van der Waals surface area contributed by atoms with Crippen molar-refractivity contribution in [2.24, 2.45) is 5.92 Å². The monoisotopic (exact) mass is 268 g/mol. The van der Waals surface area contributed by atoms with Gasteiger partial charge in [0.05, 0.1) is 16.7 Å². The summed E-state index contributed by atoms with van der Waals surface area (Å²) in [5.41, 5.74) is 0. The van der Waals surface area contributed by atoms with E-state index in [4.69, 9.17) is 44.6 Å². The van der Waals surface area contributed by atoms with Gasteiger partial charge >= 0.3 is 0 Å². The molecule has 0 aliphatic carbocycles. The first kappa shape index (κ1) is 12.9. The van der Waals surface area contributed by atoms with Gasteiger partial charge < -0.3 is 9.84 Å². The molecule has 0 aliphatic heterocycles. The smallest absolute Gasteiger partial charge is 0.156 e. The highest BCUT2D eigenvalue weighted by Gasteiger charge is 2.10. The Morgan fingerprint density at radius 1 is 1.27 bits per heavy atom. The molecule has 1 atom stereocenters. The molecule has 0 radical (unpaired) electrons.